The van der Waals surface area contributed by atoms with Gasteiger partial charge in [0.05, 0.1) is 0 Å². The van der Waals surface area contributed by atoms with Crippen molar-refractivity contribution in [1.82, 2.24) is 4.98 Å². The van der Waals surface area contributed by atoms with Crippen molar-refractivity contribution >= 4 is 35.6 Å². The van der Waals surface area contributed by atoms with Gasteiger partial charge in [-0.1, -0.05) is 23.2 Å². The second-order valence-electron chi connectivity index (χ2n) is 1.80. The molecule has 2 nitrogen and oxygen atoms in total. The molecule has 2 N–H and O–H groups in total. The number of halogens is 3. The molecule has 0 fully saturated rings. The minimum absolute atomic E-state index is 0. The summed E-state index contributed by atoms with van der Waals surface area (Å²) in [5.74, 6) is 0. The molecule has 0 aliphatic heterocycles. The Balaban J connectivity index is 0.000001000. The lowest BCUT2D eigenvalue weighted by Crippen LogP contribution is -1.97. The van der Waals surface area contributed by atoms with Crippen molar-refractivity contribution in [2.75, 3.05) is 0 Å². The van der Waals surface area contributed by atoms with E-state index in [1.165, 1.54) is 0 Å². The lowest BCUT2D eigenvalue weighted by molar-refractivity contribution is 1.05. The largest absolute Gasteiger partial charge is 0.326 e. The van der Waals surface area contributed by atoms with Gasteiger partial charge in [-0.15, -0.1) is 12.4 Å². The van der Waals surface area contributed by atoms with E-state index in [0.717, 1.165) is 5.56 Å². The third-order valence-corrected chi connectivity index (χ3v) is 1.67. The zero-order valence-electron chi connectivity index (χ0n) is 5.55. The molecule has 0 spiro atoms. The second-order valence-corrected chi connectivity index (χ2v) is 2.60. The summed E-state index contributed by atoms with van der Waals surface area (Å²) < 4.78 is 0. The summed E-state index contributed by atoms with van der Waals surface area (Å²) in [6.45, 7) is 0.392. The average Bonchev–Trinajstić information content (AvgIpc) is 1.88. The zero-order chi connectivity index (χ0) is 7.56. The van der Waals surface area contributed by atoms with E-state index in [9.17, 15) is 0 Å². The van der Waals surface area contributed by atoms with Crippen LogP contribution in [0.1, 0.15) is 5.56 Å². The molecule has 5 heteroatoms. The number of nitrogens with two attached hydrogens (primary N) is 1. The van der Waals surface area contributed by atoms with Crippen molar-refractivity contribution in [2.24, 2.45) is 5.73 Å². The molecule has 0 unspecified atom stereocenters. The van der Waals surface area contributed by atoms with Gasteiger partial charge in [-0.05, 0) is 6.07 Å². The van der Waals surface area contributed by atoms with E-state index in [0.29, 0.717) is 16.7 Å². The summed E-state index contributed by atoms with van der Waals surface area (Å²) in [7, 11) is 0. The molecular weight excluding hydrogens is 206 g/mol. The minimum Gasteiger partial charge on any atom is -0.326 e. The van der Waals surface area contributed by atoms with Crippen molar-refractivity contribution in [2.45, 2.75) is 6.54 Å². The maximum Gasteiger partial charge on any atom is 0.130 e. The first-order valence-electron chi connectivity index (χ1n) is 2.74. The van der Waals surface area contributed by atoms with Gasteiger partial charge in [0.2, 0.25) is 0 Å². The number of aromatic nitrogens is 1. The number of nitrogens with zero attached hydrogens (tertiary/aromatic N) is 1. The first-order valence-corrected chi connectivity index (χ1v) is 3.49. The summed E-state index contributed by atoms with van der Waals surface area (Å²) in [5, 5.41) is 0.963. The highest BCUT2D eigenvalue weighted by Crippen LogP contribution is 2.17. The van der Waals surface area contributed by atoms with E-state index in [4.69, 9.17) is 28.9 Å². The smallest absolute Gasteiger partial charge is 0.130 e. The van der Waals surface area contributed by atoms with Crippen molar-refractivity contribution in [3.63, 3.8) is 0 Å². The fourth-order valence-electron chi connectivity index (χ4n) is 0.586. The molecule has 0 saturated heterocycles. The number of hydrogen-bond acceptors (Lipinski definition) is 2. The third-order valence-electron chi connectivity index (χ3n) is 1.12. The van der Waals surface area contributed by atoms with Gasteiger partial charge >= 0.3 is 0 Å². The fraction of sp³-hybridized carbons (Fsp3) is 0.167. The van der Waals surface area contributed by atoms with E-state index >= 15 is 0 Å². The molecule has 0 bridgehead atoms. The lowest BCUT2D eigenvalue weighted by Gasteiger charge is -1.98. The Labute approximate surface area is 81.1 Å². The predicted molar refractivity (Wildman–Crippen MR) is 49.4 cm³/mol. The van der Waals surface area contributed by atoms with Crippen LogP contribution in [0.2, 0.25) is 10.2 Å². The summed E-state index contributed by atoms with van der Waals surface area (Å²) in [6, 6.07) is 1.57. The van der Waals surface area contributed by atoms with Crippen molar-refractivity contribution in [3.8, 4) is 0 Å². The molecule has 1 aromatic rings. The molecule has 0 aromatic carbocycles. The lowest BCUT2D eigenvalue weighted by atomic mass is 10.3. The van der Waals surface area contributed by atoms with Crippen LogP contribution in [0.3, 0.4) is 0 Å². The summed E-state index contributed by atoms with van der Waals surface area (Å²) in [4.78, 5) is 3.81. The molecule has 0 aliphatic rings. The van der Waals surface area contributed by atoms with Crippen LogP contribution < -0.4 is 5.73 Å². The number of hydrogen-bond donors (Lipinski definition) is 1. The molecule has 0 radical (unpaired) electrons. The Morgan fingerprint density at radius 2 is 2.09 bits per heavy atom. The highest BCUT2D eigenvalue weighted by atomic mass is 35.5. The SMILES string of the molecule is Cl.NCc1cnc(Cl)cc1Cl. The Kier molecular flexibility index (Phi) is 4.77. The van der Waals surface area contributed by atoms with Gasteiger partial charge in [-0.2, -0.15) is 0 Å². The average molecular weight is 213 g/mol. The topological polar surface area (TPSA) is 38.9 Å². The highest BCUT2D eigenvalue weighted by molar-refractivity contribution is 6.34. The maximum atomic E-state index is 5.73. The standard InChI is InChI=1S/C6H6Cl2N2.ClH/c7-5-1-6(8)10-3-4(5)2-9;/h1,3H,2,9H2;1H. The third kappa shape index (κ3) is 2.83. The fourth-order valence-corrected chi connectivity index (χ4v) is 1.03. The van der Waals surface area contributed by atoms with Gasteiger partial charge < -0.3 is 5.73 Å². The quantitative estimate of drug-likeness (QED) is 0.727. The molecule has 0 amide bonds. The summed E-state index contributed by atoms with van der Waals surface area (Å²) in [5.41, 5.74) is 6.14. The van der Waals surface area contributed by atoms with Crippen LogP contribution in [0.5, 0.6) is 0 Å². The van der Waals surface area contributed by atoms with Gasteiger partial charge in [-0.3, -0.25) is 0 Å². The Bertz CT molecular complexity index is 239. The van der Waals surface area contributed by atoms with E-state index in [2.05, 4.69) is 4.98 Å². The minimum atomic E-state index is 0. The monoisotopic (exact) mass is 212 g/mol. The Hall–Kier alpha value is -0.0200. The van der Waals surface area contributed by atoms with E-state index < -0.39 is 0 Å². The molecule has 1 aromatic heterocycles. The predicted octanol–water partition coefficient (Wildman–Crippen LogP) is 2.27. The first kappa shape index (κ1) is 11.0. The summed E-state index contributed by atoms with van der Waals surface area (Å²) >= 11 is 11.3. The van der Waals surface area contributed by atoms with E-state index in [1.807, 2.05) is 0 Å². The van der Waals surface area contributed by atoms with Crippen LogP contribution in [0.25, 0.3) is 0 Å². The molecule has 0 aliphatic carbocycles. The first-order chi connectivity index (χ1) is 4.74. The van der Waals surface area contributed by atoms with Crippen LogP contribution in [-0.2, 0) is 6.54 Å². The van der Waals surface area contributed by atoms with Gasteiger partial charge in [0.1, 0.15) is 5.15 Å². The molecular formula is C6H7Cl3N2. The van der Waals surface area contributed by atoms with Crippen LogP contribution in [0, 0.1) is 0 Å². The van der Waals surface area contributed by atoms with Crippen LogP contribution in [0.15, 0.2) is 12.3 Å². The molecule has 1 rings (SSSR count). The summed E-state index contributed by atoms with van der Waals surface area (Å²) in [6.07, 6.45) is 1.57. The van der Waals surface area contributed by atoms with Gasteiger partial charge in [0, 0.05) is 23.3 Å². The van der Waals surface area contributed by atoms with Crippen molar-refractivity contribution in [1.29, 1.82) is 0 Å². The van der Waals surface area contributed by atoms with Crippen LogP contribution in [0.4, 0.5) is 0 Å². The van der Waals surface area contributed by atoms with Crippen molar-refractivity contribution < 1.29 is 0 Å². The van der Waals surface area contributed by atoms with Gasteiger partial charge in [-0.25, -0.2) is 4.98 Å². The van der Waals surface area contributed by atoms with E-state index in [1.54, 1.807) is 12.3 Å². The molecule has 62 valence electrons. The number of pyridine rings is 1. The van der Waals surface area contributed by atoms with E-state index in [-0.39, 0.29) is 12.4 Å². The van der Waals surface area contributed by atoms with Gasteiger partial charge in [0.15, 0.2) is 0 Å². The molecule has 11 heavy (non-hydrogen) atoms. The van der Waals surface area contributed by atoms with Crippen LogP contribution in [-0.4, -0.2) is 4.98 Å². The van der Waals surface area contributed by atoms with Crippen molar-refractivity contribution in [3.05, 3.63) is 28.0 Å². The maximum absolute atomic E-state index is 5.73. The van der Waals surface area contributed by atoms with Crippen LogP contribution >= 0.6 is 35.6 Å². The van der Waals surface area contributed by atoms with Gasteiger partial charge in [0.25, 0.3) is 0 Å². The highest BCUT2D eigenvalue weighted by Gasteiger charge is 1.98. The Morgan fingerprint density at radius 3 is 2.55 bits per heavy atom. The Morgan fingerprint density at radius 1 is 1.45 bits per heavy atom. The second kappa shape index (κ2) is 4.78. The molecule has 0 saturated carbocycles. The normalized spacial score (nSPS) is 9.00. The zero-order valence-corrected chi connectivity index (χ0v) is 7.88. The number of rotatable bonds is 1. The molecule has 0 atom stereocenters. The molecule has 1 heterocycles.